The molecule has 0 aliphatic carbocycles. The Morgan fingerprint density at radius 3 is 2.52 bits per heavy atom. The van der Waals surface area contributed by atoms with Crippen LogP contribution in [0.1, 0.15) is 35.1 Å². The first-order valence-corrected chi connectivity index (χ1v) is 9.82. The van der Waals surface area contributed by atoms with Crippen molar-refractivity contribution < 1.29 is 9.53 Å². The molecule has 150 valence electrons. The zero-order chi connectivity index (χ0) is 20.5. The molecule has 0 bridgehead atoms. The van der Waals surface area contributed by atoms with E-state index in [4.69, 9.17) is 4.74 Å². The van der Waals surface area contributed by atoms with Crippen LogP contribution in [0.4, 0.5) is 17.3 Å². The van der Waals surface area contributed by atoms with Gasteiger partial charge in [0, 0.05) is 12.6 Å². The van der Waals surface area contributed by atoms with Crippen molar-refractivity contribution in [3.8, 4) is 0 Å². The Morgan fingerprint density at radius 2 is 1.72 bits per heavy atom. The molecule has 0 aliphatic heterocycles. The molecule has 29 heavy (non-hydrogen) atoms. The van der Waals surface area contributed by atoms with Crippen molar-refractivity contribution in [2.24, 2.45) is 0 Å². The van der Waals surface area contributed by atoms with Gasteiger partial charge in [-0.15, -0.1) is 0 Å². The maximum atomic E-state index is 12.2. The molecule has 0 fully saturated rings. The Kier molecular flexibility index (Phi) is 7.16. The predicted molar refractivity (Wildman–Crippen MR) is 116 cm³/mol. The maximum absolute atomic E-state index is 12.2. The quantitative estimate of drug-likeness (QED) is 0.406. The Morgan fingerprint density at radius 1 is 1.00 bits per heavy atom. The highest BCUT2D eigenvalue weighted by molar-refractivity contribution is 5.96. The van der Waals surface area contributed by atoms with E-state index in [2.05, 4.69) is 44.9 Å². The van der Waals surface area contributed by atoms with Crippen LogP contribution in [0, 0.1) is 6.92 Å². The van der Waals surface area contributed by atoms with Gasteiger partial charge in [0.15, 0.2) is 0 Å². The summed E-state index contributed by atoms with van der Waals surface area (Å²) in [7, 11) is 0. The van der Waals surface area contributed by atoms with E-state index in [9.17, 15) is 4.79 Å². The fraction of sp³-hybridized carbons (Fsp3) is 0.261. The average molecular weight is 390 g/mol. The van der Waals surface area contributed by atoms with Gasteiger partial charge in [-0.2, -0.15) is 0 Å². The van der Waals surface area contributed by atoms with Crippen molar-refractivity contribution in [3.05, 3.63) is 77.6 Å². The van der Waals surface area contributed by atoms with E-state index in [0.717, 1.165) is 25.2 Å². The summed E-state index contributed by atoms with van der Waals surface area (Å²) in [5, 5.41) is 6.57. The van der Waals surface area contributed by atoms with Gasteiger partial charge in [0.25, 0.3) is 0 Å². The molecule has 3 rings (SSSR count). The summed E-state index contributed by atoms with van der Waals surface area (Å²) >= 11 is 0. The minimum absolute atomic E-state index is 0.330. The molecule has 3 aromatic rings. The van der Waals surface area contributed by atoms with Crippen LogP contribution >= 0.6 is 0 Å². The third-order valence-electron chi connectivity index (χ3n) is 4.31. The molecule has 0 unspecified atom stereocenters. The number of nitrogens with zero attached hydrogens (tertiary/aromatic N) is 2. The number of aryl methyl sites for hydroxylation is 2. The SMILES string of the molecule is CCOC(=O)c1ccccc1Nc1cc(NCCCc2ccccc2)nc(C)n1. The summed E-state index contributed by atoms with van der Waals surface area (Å²) in [4.78, 5) is 21.1. The standard InChI is InChI=1S/C23H26N4O2/c1-3-29-23(28)19-13-7-8-14-20(19)27-22-16-21(25-17(2)26-22)24-15-9-12-18-10-5-4-6-11-18/h4-8,10-11,13-14,16H,3,9,12,15H2,1-2H3,(H2,24,25,26,27). The molecule has 1 heterocycles. The molecule has 0 spiro atoms. The first-order chi connectivity index (χ1) is 14.2. The number of esters is 1. The smallest absolute Gasteiger partial charge is 0.340 e. The van der Waals surface area contributed by atoms with Gasteiger partial charge >= 0.3 is 5.97 Å². The number of benzene rings is 2. The number of aromatic nitrogens is 2. The minimum Gasteiger partial charge on any atom is -0.462 e. The molecule has 1 aromatic heterocycles. The molecule has 2 N–H and O–H groups in total. The van der Waals surface area contributed by atoms with Crippen LogP contribution in [0.15, 0.2) is 60.7 Å². The lowest BCUT2D eigenvalue weighted by molar-refractivity contribution is 0.0527. The van der Waals surface area contributed by atoms with Gasteiger partial charge in [0.05, 0.1) is 17.9 Å². The predicted octanol–water partition coefficient (Wildman–Crippen LogP) is 4.75. The Labute approximate surface area is 171 Å². The first kappa shape index (κ1) is 20.3. The van der Waals surface area contributed by atoms with Crippen molar-refractivity contribution in [2.75, 3.05) is 23.8 Å². The van der Waals surface area contributed by atoms with Crippen LogP contribution < -0.4 is 10.6 Å². The van der Waals surface area contributed by atoms with Crippen molar-refractivity contribution in [1.82, 2.24) is 9.97 Å². The molecule has 0 aliphatic rings. The van der Waals surface area contributed by atoms with E-state index in [0.29, 0.717) is 29.5 Å². The molecular weight excluding hydrogens is 364 g/mol. The lowest BCUT2D eigenvalue weighted by atomic mass is 10.1. The fourth-order valence-electron chi connectivity index (χ4n) is 2.99. The van der Waals surface area contributed by atoms with Crippen molar-refractivity contribution in [1.29, 1.82) is 0 Å². The van der Waals surface area contributed by atoms with Crippen molar-refractivity contribution in [2.45, 2.75) is 26.7 Å². The second kappa shape index (κ2) is 10.2. The molecule has 0 saturated carbocycles. The summed E-state index contributed by atoms with van der Waals surface area (Å²) < 4.78 is 5.13. The van der Waals surface area contributed by atoms with Gasteiger partial charge in [0.1, 0.15) is 17.5 Å². The normalized spacial score (nSPS) is 10.4. The third-order valence-corrected chi connectivity index (χ3v) is 4.31. The van der Waals surface area contributed by atoms with Gasteiger partial charge in [-0.25, -0.2) is 14.8 Å². The Balaban J connectivity index is 1.64. The van der Waals surface area contributed by atoms with Gasteiger partial charge in [-0.05, 0) is 44.4 Å². The number of para-hydroxylation sites is 1. The number of carbonyl (C=O) groups excluding carboxylic acids is 1. The molecule has 0 saturated heterocycles. The zero-order valence-electron chi connectivity index (χ0n) is 16.8. The summed E-state index contributed by atoms with van der Waals surface area (Å²) in [5.74, 6) is 1.66. The monoisotopic (exact) mass is 390 g/mol. The maximum Gasteiger partial charge on any atom is 0.340 e. The van der Waals surface area contributed by atoms with Gasteiger partial charge in [-0.1, -0.05) is 42.5 Å². The average Bonchev–Trinajstić information content (AvgIpc) is 2.72. The summed E-state index contributed by atoms with van der Waals surface area (Å²) in [6, 6.07) is 19.5. The molecule has 6 heteroatoms. The van der Waals surface area contributed by atoms with Gasteiger partial charge in [0.2, 0.25) is 0 Å². The molecule has 0 radical (unpaired) electrons. The number of nitrogens with one attached hydrogen (secondary N) is 2. The van der Waals surface area contributed by atoms with Crippen LogP contribution in [0.5, 0.6) is 0 Å². The summed E-state index contributed by atoms with van der Waals surface area (Å²) in [6.07, 6.45) is 2.01. The van der Waals surface area contributed by atoms with E-state index in [-0.39, 0.29) is 5.97 Å². The molecule has 2 aromatic carbocycles. The lowest BCUT2D eigenvalue weighted by Gasteiger charge is -2.13. The number of hydrogen-bond acceptors (Lipinski definition) is 6. The number of anilines is 3. The molecule has 0 amide bonds. The highest BCUT2D eigenvalue weighted by atomic mass is 16.5. The van der Waals surface area contributed by atoms with E-state index in [1.165, 1.54) is 5.56 Å². The second-order valence-corrected chi connectivity index (χ2v) is 6.59. The van der Waals surface area contributed by atoms with Gasteiger partial charge in [-0.3, -0.25) is 0 Å². The lowest BCUT2D eigenvalue weighted by Crippen LogP contribution is -2.10. The largest absolute Gasteiger partial charge is 0.462 e. The number of ether oxygens (including phenoxy) is 1. The van der Waals surface area contributed by atoms with E-state index in [1.54, 1.807) is 13.0 Å². The first-order valence-electron chi connectivity index (χ1n) is 9.82. The van der Waals surface area contributed by atoms with Crippen LogP contribution in [0.3, 0.4) is 0 Å². The Hall–Kier alpha value is -3.41. The van der Waals surface area contributed by atoms with Crippen molar-refractivity contribution >= 4 is 23.3 Å². The summed E-state index contributed by atoms with van der Waals surface area (Å²) in [5.41, 5.74) is 2.45. The molecule has 0 atom stereocenters. The van der Waals surface area contributed by atoms with Crippen molar-refractivity contribution in [3.63, 3.8) is 0 Å². The summed E-state index contributed by atoms with van der Waals surface area (Å²) in [6.45, 7) is 4.77. The highest BCUT2D eigenvalue weighted by Gasteiger charge is 2.13. The number of rotatable bonds is 9. The molecular formula is C23H26N4O2. The van der Waals surface area contributed by atoms with Crippen LogP contribution in [0.2, 0.25) is 0 Å². The highest BCUT2D eigenvalue weighted by Crippen LogP contribution is 2.22. The minimum atomic E-state index is -0.361. The third kappa shape index (κ3) is 6.04. The van der Waals surface area contributed by atoms with Gasteiger partial charge < -0.3 is 15.4 Å². The zero-order valence-corrected chi connectivity index (χ0v) is 16.8. The van der Waals surface area contributed by atoms with E-state index in [1.807, 2.05) is 37.3 Å². The van der Waals surface area contributed by atoms with E-state index < -0.39 is 0 Å². The van der Waals surface area contributed by atoms with Crippen LogP contribution in [-0.4, -0.2) is 29.1 Å². The fourth-order valence-corrected chi connectivity index (χ4v) is 2.99. The topological polar surface area (TPSA) is 76.1 Å². The number of hydrogen-bond donors (Lipinski definition) is 2. The van der Waals surface area contributed by atoms with E-state index >= 15 is 0 Å². The van der Waals surface area contributed by atoms with Crippen LogP contribution in [-0.2, 0) is 11.2 Å². The Bertz CT molecular complexity index is 945. The molecule has 6 nitrogen and oxygen atoms in total. The van der Waals surface area contributed by atoms with Crippen LogP contribution in [0.25, 0.3) is 0 Å². The second-order valence-electron chi connectivity index (χ2n) is 6.59. The number of carbonyl (C=O) groups is 1.